The maximum atomic E-state index is 12.8. The summed E-state index contributed by atoms with van der Waals surface area (Å²) in [5.74, 6) is -0.685. The van der Waals surface area contributed by atoms with Gasteiger partial charge in [-0.15, -0.1) is 12.4 Å². The zero-order valence-electron chi connectivity index (χ0n) is 14.9. The van der Waals surface area contributed by atoms with Crippen LogP contribution in [0.15, 0.2) is 42.5 Å². The topological polar surface area (TPSA) is 70.2 Å². The summed E-state index contributed by atoms with van der Waals surface area (Å²) in [5, 5.41) is 8.93. The highest BCUT2D eigenvalue weighted by atomic mass is 35.5. The van der Waals surface area contributed by atoms with Gasteiger partial charge in [-0.05, 0) is 47.4 Å². The molecule has 1 aliphatic rings. The smallest absolute Gasteiger partial charge is 0.251 e. The average molecular weight is 392 g/mol. The fourth-order valence-electron chi connectivity index (χ4n) is 2.90. The van der Waals surface area contributed by atoms with Gasteiger partial charge >= 0.3 is 0 Å². The summed E-state index contributed by atoms with van der Waals surface area (Å²) in [6, 6.07) is 11.6. The molecule has 3 rings (SSSR count). The lowest BCUT2D eigenvalue weighted by molar-refractivity contribution is -0.121. The number of carbonyl (C=O) groups excluding carboxylic acids is 2. The fraction of sp³-hybridized carbons (Fsp3) is 0.300. The Bertz CT molecular complexity index is 796. The molecule has 5 nitrogen and oxygen atoms in total. The minimum absolute atomic E-state index is 0. The van der Waals surface area contributed by atoms with E-state index in [0.29, 0.717) is 31.5 Å². The second-order valence-electron chi connectivity index (χ2n) is 6.35. The lowest BCUT2D eigenvalue weighted by Crippen LogP contribution is -2.27. The molecule has 3 N–H and O–H groups in total. The molecule has 0 spiro atoms. The highest BCUT2D eigenvalue weighted by Crippen LogP contribution is 2.16. The Kier molecular flexibility index (Phi) is 7.76. The number of rotatable bonds is 7. The van der Waals surface area contributed by atoms with Crippen molar-refractivity contribution in [2.45, 2.75) is 32.5 Å². The molecule has 144 valence electrons. The Morgan fingerprint density at radius 3 is 2.52 bits per heavy atom. The van der Waals surface area contributed by atoms with Gasteiger partial charge in [0, 0.05) is 38.2 Å². The minimum atomic E-state index is -0.377. The van der Waals surface area contributed by atoms with Gasteiger partial charge in [0.25, 0.3) is 5.91 Å². The van der Waals surface area contributed by atoms with E-state index in [1.54, 1.807) is 0 Å². The number of benzene rings is 2. The van der Waals surface area contributed by atoms with Crippen LogP contribution in [0.3, 0.4) is 0 Å². The van der Waals surface area contributed by atoms with Crippen molar-refractivity contribution in [3.8, 4) is 0 Å². The van der Waals surface area contributed by atoms with Gasteiger partial charge in [-0.1, -0.05) is 18.2 Å². The third-order valence-electron chi connectivity index (χ3n) is 4.36. The molecule has 27 heavy (non-hydrogen) atoms. The first-order valence-corrected chi connectivity index (χ1v) is 8.74. The van der Waals surface area contributed by atoms with E-state index in [9.17, 15) is 14.0 Å². The highest BCUT2D eigenvalue weighted by molar-refractivity contribution is 5.94. The SMILES string of the molecule is Cl.O=C(CCCNC(=O)c1ccc(F)cc1)NCc1ccc2c(c1)CNC2. The van der Waals surface area contributed by atoms with Gasteiger partial charge in [0.15, 0.2) is 0 Å². The summed E-state index contributed by atoms with van der Waals surface area (Å²) in [4.78, 5) is 23.8. The van der Waals surface area contributed by atoms with Crippen molar-refractivity contribution in [3.63, 3.8) is 0 Å². The van der Waals surface area contributed by atoms with Gasteiger partial charge in [-0.3, -0.25) is 9.59 Å². The van der Waals surface area contributed by atoms with E-state index in [4.69, 9.17) is 0 Å². The Labute approximate surface area is 164 Å². The summed E-state index contributed by atoms with van der Waals surface area (Å²) in [6.07, 6.45) is 0.892. The number of carbonyl (C=O) groups is 2. The maximum absolute atomic E-state index is 12.8. The van der Waals surface area contributed by atoms with Crippen LogP contribution in [0.25, 0.3) is 0 Å². The highest BCUT2D eigenvalue weighted by Gasteiger charge is 2.10. The predicted octanol–water partition coefficient (Wildman–Crippen LogP) is 2.68. The molecule has 7 heteroatoms. The van der Waals surface area contributed by atoms with Gasteiger partial charge in [0.05, 0.1) is 0 Å². The van der Waals surface area contributed by atoms with Crippen LogP contribution in [0.5, 0.6) is 0 Å². The fourth-order valence-corrected chi connectivity index (χ4v) is 2.90. The molecule has 0 radical (unpaired) electrons. The first-order valence-electron chi connectivity index (χ1n) is 8.74. The second kappa shape index (κ2) is 10.0. The molecule has 2 aromatic carbocycles. The zero-order chi connectivity index (χ0) is 18.4. The average Bonchev–Trinajstić information content (AvgIpc) is 3.11. The second-order valence-corrected chi connectivity index (χ2v) is 6.35. The normalized spacial score (nSPS) is 12.0. The van der Waals surface area contributed by atoms with Crippen molar-refractivity contribution in [2.24, 2.45) is 0 Å². The van der Waals surface area contributed by atoms with Gasteiger partial charge in [-0.2, -0.15) is 0 Å². The van der Waals surface area contributed by atoms with Gasteiger partial charge in [-0.25, -0.2) is 4.39 Å². The van der Waals surface area contributed by atoms with E-state index in [2.05, 4.69) is 28.1 Å². The van der Waals surface area contributed by atoms with E-state index in [-0.39, 0.29) is 30.0 Å². The third-order valence-corrected chi connectivity index (χ3v) is 4.36. The number of fused-ring (bicyclic) bond motifs is 1. The van der Waals surface area contributed by atoms with Gasteiger partial charge in [0.1, 0.15) is 5.82 Å². The molecule has 0 saturated heterocycles. The largest absolute Gasteiger partial charge is 0.352 e. The molecule has 0 fully saturated rings. The number of halogens is 2. The molecule has 0 unspecified atom stereocenters. The van der Waals surface area contributed by atoms with Crippen molar-refractivity contribution in [3.05, 3.63) is 70.5 Å². The van der Waals surface area contributed by atoms with E-state index in [1.807, 2.05) is 6.07 Å². The van der Waals surface area contributed by atoms with Gasteiger partial charge in [0.2, 0.25) is 5.91 Å². The van der Waals surface area contributed by atoms with E-state index < -0.39 is 0 Å². The number of hydrogen-bond donors (Lipinski definition) is 3. The van der Waals surface area contributed by atoms with E-state index in [0.717, 1.165) is 18.7 Å². The molecule has 0 saturated carbocycles. The number of hydrogen-bond acceptors (Lipinski definition) is 3. The first kappa shape index (κ1) is 20.9. The summed E-state index contributed by atoms with van der Waals surface area (Å²) in [6.45, 7) is 2.69. The van der Waals surface area contributed by atoms with Crippen LogP contribution in [0.2, 0.25) is 0 Å². The van der Waals surface area contributed by atoms with Crippen LogP contribution >= 0.6 is 12.4 Å². The zero-order valence-corrected chi connectivity index (χ0v) is 15.7. The molecule has 0 atom stereocenters. The molecule has 0 aliphatic carbocycles. The molecule has 1 aliphatic heterocycles. The van der Waals surface area contributed by atoms with Crippen LogP contribution in [0, 0.1) is 5.82 Å². The summed E-state index contributed by atoms with van der Waals surface area (Å²) < 4.78 is 12.8. The van der Waals surface area contributed by atoms with Crippen molar-refractivity contribution in [2.75, 3.05) is 6.54 Å². The van der Waals surface area contributed by atoms with Crippen molar-refractivity contribution in [1.82, 2.24) is 16.0 Å². The maximum Gasteiger partial charge on any atom is 0.251 e. The lowest BCUT2D eigenvalue weighted by atomic mass is 10.1. The van der Waals surface area contributed by atoms with E-state index in [1.165, 1.54) is 35.4 Å². The van der Waals surface area contributed by atoms with Crippen molar-refractivity contribution < 1.29 is 14.0 Å². The van der Waals surface area contributed by atoms with Crippen LogP contribution in [-0.2, 0) is 24.4 Å². The molecule has 0 aromatic heterocycles. The van der Waals surface area contributed by atoms with Gasteiger partial charge < -0.3 is 16.0 Å². The molecule has 2 amide bonds. The molecular weight excluding hydrogens is 369 g/mol. The Balaban J connectivity index is 0.00000261. The lowest BCUT2D eigenvalue weighted by Gasteiger charge is -2.08. The summed E-state index contributed by atoms with van der Waals surface area (Å²) >= 11 is 0. The van der Waals surface area contributed by atoms with Crippen molar-refractivity contribution >= 4 is 24.2 Å². The summed E-state index contributed by atoms with van der Waals surface area (Å²) in [7, 11) is 0. The molecule has 1 heterocycles. The monoisotopic (exact) mass is 391 g/mol. The Morgan fingerprint density at radius 2 is 1.74 bits per heavy atom. The first-order chi connectivity index (χ1) is 12.6. The standard InChI is InChI=1S/C20H22FN3O2.ClH/c21-18-7-5-15(6-8-18)20(26)23-9-1-2-19(25)24-11-14-3-4-16-12-22-13-17(16)10-14;/h3-8,10,22H,1-2,9,11-13H2,(H,23,26)(H,24,25);1H. The van der Waals surface area contributed by atoms with Crippen LogP contribution < -0.4 is 16.0 Å². The number of amides is 2. The van der Waals surface area contributed by atoms with Crippen LogP contribution in [0.4, 0.5) is 4.39 Å². The molecular formula is C20H23ClFN3O2. The Hall–Kier alpha value is -2.44. The van der Waals surface area contributed by atoms with Crippen LogP contribution in [-0.4, -0.2) is 18.4 Å². The molecule has 0 bridgehead atoms. The third kappa shape index (κ3) is 6.05. The predicted molar refractivity (Wildman–Crippen MR) is 104 cm³/mol. The quantitative estimate of drug-likeness (QED) is 0.635. The van der Waals surface area contributed by atoms with E-state index >= 15 is 0 Å². The summed E-state index contributed by atoms with van der Waals surface area (Å²) in [5.41, 5.74) is 4.10. The number of nitrogens with one attached hydrogen (secondary N) is 3. The molecule has 2 aromatic rings. The minimum Gasteiger partial charge on any atom is -0.352 e. The van der Waals surface area contributed by atoms with Crippen molar-refractivity contribution in [1.29, 1.82) is 0 Å². The van der Waals surface area contributed by atoms with Crippen LogP contribution in [0.1, 0.15) is 39.9 Å². The Morgan fingerprint density at radius 1 is 1.00 bits per heavy atom.